The molecule has 33 heavy (non-hydrogen) atoms. The fourth-order valence-corrected chi connectivity index (χ4v) is 3.72. The van der Waals surface area contributed by atoms with Gasteiger partial charge in [0.15, 0.2) is 17.6 Å². The van der Waals surface area contributed by atoms with Crippen LogP contribution >= 0.6 is 27.5 Å². The van der Waals surface area contributed by atoms with Crippen LogP contribution in [0.2, 0.25) is 5.02 Å². The number of carboxylic acid groups (broad SMARTS) is 1. The Morgan fingerprint density at radius 1 is 1.36 bits per heavy atom. The van der Waals surface area contributed by atoms with E-state index in [1.165, 1.54) is 24.9 Å². The fourth-order valence-electron chi connectivity index (χ4n) is 3.09. The number of aromatic nitrogens is 2. The molecule has 174 valence electrons. The topological polar surface area (TPSA) is 103 Å². The Bertz CT molecular complexity index is 1280. The molecule has 0 aliphatic carbocycles. The van der Waals surface area contributed by atoms with E-state index in [2.05, 4.69) is 32.9 Å². The summed E-state index contributed by atoms with van der Waals surface area (Å²) in [5, 5.41) is 14.1. The fraction of sp³-hybridized carbons (Fsp3) is 0.304. The van der Waals surface area contributed by atoms with Gasteiger partial charge in [-0.25, -0.2) is 9.78 Å². The molecule has 8 nitrogen and oxygen atoms in total. The van der Waals surface area contributed by atoms with Gasteiger partial charge < -0.3 is 14.6 Å². The molecule has 3 aromatic rings. The average Bonchev–Trinajstić information content (AvgIpc) is 2.78. The first-order chi connectivity index (χ1) is 15.7. The number of ether oxygens (including phenoxy) is 2. The third-order valence-electron chi connectivity index (χ3n) is 4.85. The second-order valence-electron chi connectivity index (χ2n) is 7.29. The van der Waals surface area contributed by atoms with Gasteiger partial charge in [-0.3, -0.25) is 4.79 Å². The molecule has 1 N–H and O–H groups in total. The van der Waals surface area contributed by atoms with Crippen LogP contribution in [0.4, 0.5) is 0 Å². The normalized spacial score (nSPS) is 12.3. The molecular weight excluding hydrogens is 514 g/mol. The van der Waals surface area contributed by atoms with Gasteiger partial charge >= 0.3 is 5.97 Å². The van der Waals surface area contributed by atoms with E-state index in [4.69, 9.17) is 26.2 Å². The molecule has 10 heteroatoms. The first-order valence-corrected chi connectivity index (χ1v) is 11.4. The van der Waals surface area contributed by atoms with Crippen molar-refractivity contribution in [3.8, 4) is 11.5 Å². The molecule has 0 saturated carbocycles. The molecule has 0 unspecified atom stereocenters. The summed E-state index contributed by atoms with van der Waals surface area (Å²) in [4.78, 5) is 28.9. The highest BCUT2D eigenvalue weighted by Gasteiger charge is 2.19. The average molecular weight is 537 g/mol. The number of hydrogen-bond donors (Lipinski definition) is 1. The minimum atomic E-state index is -1.13. The molecule has 0 amide bonds. The van der Waals surface area contributed by atoms with Crippen molar-refractivity contribution in [2.24, 2.45) is 5.10 Å². The molecule has 0 fully saturated rings. The first kappa shape index (κ1) is 24.7. The van der Waals surface area contributed by atoms with Crippen molar-refractivity contribution in [2.75, 3.05) is 7.11 Å². The van der Waals surface area contributed by atoms with Crippen LogP contribution in [0.3, 0.4) is 0 Å². The lowest BCUT2D eigenvalue weighted by Gasteiger charge is -2.15. The smallest absolute Gasteiger partial charge is 0.344 e. The first-order valence-electron chi connectivity index (χ1n) is 10.3. The molecule has 0 saturated heterocycles. The maximum absolute atomic E-state index is 13.2. The lowest BCUT2D eigenvalue weighted by molar-refractivity contribution is -0.144. The molecule has 1 aromatic heterocycles. The maximum Gasteiger partial charge on any atom is 0.344 e. The van der Waals surface area contributed by atoms with E-state index in [-0.39, 0.29) is 22.1 Å². The summed E-state index contributed by atoms with van der Waals surface area (Å²) >= 11 is 9.72. The maximum atomic E-state index is 13.2. The molecule has 0 aliphatic heterocycles. The molecule has 0 radical (unpaired) electrons. The van der Waals surface area contributed by atoms with E-state index in [1.807, 2.05) is 6.07 Å². The van der Waals surface area contributed by atoms with Crippen molar-refractivity contribution in [1.29, 1.82) is 0 Å². The van der Waals surface area contributed by atoms with Crippen LogP contribution in [0.25, 0.3) is 10.9 Å². The molecule has 0 spiro atoms. The van der Waals surface area contributed by atoms with Gasteiger partial charge in [-0.2, -0.15) is 9.78 Å². The van der Waals surface area contributed by atoms with Crippen molar-refractivity contribution in [1.82, 2.24) is 9.66 Å². The number of fused-ring (bicyclic) bond motifs is 1. The Labute approximate surface area is 203 Å². The van der Waals surface area contributed by atoms with Crippen LogP contribution < -0.4 is 15.0 Å². The second-order valence-corrected chi connectivity index (χ2v) is 8.61. The Morgan fingerprint density at radius 2 is 2.12 bits per heavy atom. The number of carbonyl (C=O) groups is 1. The highest BCUT2D eigenvalue weighted by molar-refractivity contribution is 9.10. The molecule has 2 aromatic carbocycles. The number of carboxylic acids is 1. The van der Waals surface area contributed by atoms with Gasteiger partial charge in [0.05, 0.1) is 29.2 Å². The van der Waals surface area contributed by atoms with E-state index in [0.717, 1.165) is 17.3 Å². The molecular formula is C23H23BrClN3O5. The van der Waals surface area contributed by atoms with Gasteiger partial charge in [0.1, 0.15) is 5.82 Å². The largest absolute Gasteiger partial charge is 0.493 e. The Balaban J connectivity index is 2.05. The van der Waals surface area contributed by atoms with Gasteiger partial charge in [-0.15, -0.1) is 0 Å². The third kappa shape index (κ3) is 5.72. The summed E-state index contributed by atoms with van der Waals surface area (Å²) in [6, 6.07) is 8.51. The quantitative estimate of drug-likeness (QED) is 0.390. The lowest BCUT2D eigenvalue weighted by Crippen LogP contribution is -2.23. The summed E-state index contributed by atoms with van der Waals surface area (Å²) < 4.78 is 12.8. The number of methoxy groups -OCH3 is 1. The number of nitrogens with zero attached hydrogens (tertiary/aromatic N) is 3. The Kier molecular flexibility index (Phi) is 8.10. The van der Waals surface area contributed by atoms with Crippen molar-refractivity contribution in [3.05, 3.63) is 61.6 Å². The number of rotatable bonds is 9. The van der Waals surface area contributed by atoms with Crippen LogP contribution in [0.1, 0.15) is 38.1 Å². The summed E-state index contributed by atoms with van der Waals surface area (Å²) in [7, 11) is 1.42. The van der Waals surface area contributed by atoms with E-state index in [9.17, 15) is 9.59 Å². The van der Waals surface area contributed by atoms with E-state index in [0.29, 0.717) is 28.7 Å². The van der Waals surface area contributed by atoms with Crippen LogP contribution in [0.15, 0.2) is 44.7 Å². The monoisotopic (exact) mass is 535 g/mol. The highest BCUT2D eigenvalue weighted by Crippen LogP contribution is 2.36. The molecule has 0 aliphatic rings. The number of hydrogen-bond acceptors (Lipinski definition) is 6. The molecule has 1 atom stereocenters. The van der Waals surface area contributed by atoms with Crippen LogP contribution in [-0.2, 0) is 11.2 Å². The van der Waals surface area contributed by atoms with Crippen LogP contribution in [-0.4, -0.2) is 40.2 Å². The number of aliphatic carboxylic acids is 1. The number of aryl methyl sites for hydroxylation is 1. The van der Waals surface area contributed by atoms with Crippen molar-refractivity contribution in [3.63, 3.8) is 0 Å². The predicted molar refractivity (Wildman–Crippen MR) is 131 cm³/mol. The zero-order valence-electron chi connectivity index (χ0n) is 18.3. The number of benzene rings is 2. The molecule has 0 bridgehead atoms. The van der Waals surface area contributed by atoms with Gasteiger partial charge in [-0.1, -0.05) is 40.9 Å². The van der Waals surface area contributed by atoms with Crippen molar-refractivity contribution < 1.29 is 19.4 Å². The second kappa shape index (κ2) is 10.8. The third-order valence-corrected chi connectivity index (χ3v) is 5.62. The highest BCUT2D eigenvalue weighted by atomic mass is 79.9. The molecule has 3 rings (SSSR count). The SMILES string of the molecule is CCCCc1nc2ccc(Br)cc2c(=O)n1N=Cc1cc(Cl)c(O[C@@H](C)C(=O)O)c(OC)c1. The minimum absolute atomic E-state index is 0.115. The van der Waals surface area contributed by atoms with Gasteiger partial charge in [0, 0.05) is 10.9 Å². The summed E-state index contributed by atoms with van der Waals surface area (Å²) in [6.07, 6.45) is 2.76. The lowest BCUT2D eigenvalue weighted by atomic mass is 10.2. The van der Waals surface area contributed by atoms with Crippen molar-refractivity contribution >= 4 is 50.6 Å². The standard InChI is InChI=1S/C23H23BrClN3O5/c1-4-5-6-20-27-18-8-7-15(24)11-16(18)22(29)28(20)26-12-14-9-17(25)21(19(10-14)32-3)33-13(2)23(30)31/h7-13H,4-6H2,1-3H3,(H,30,31)/t13-/m0/s1. The van der Waals surface area contributed by atoms with E-state index >= 15 is 0 Å². The number of unbranched alkanes of at least 4 members (excludes halogenated alkanes) is 1. The predicted octanol–water partition coefficient (Wildman–Crippen LogP) is 4.90. The van der Waals surface area contributed by atoms with E-state index in [1.54, 1.807) is 24.3 Å². The minimum Gasteiger partial charge on any atom is -0.493 e. The Hall–Kier alpha value is -2.91. The molecule has 1 heterocycles. The zero-order valence-corrected chi connectivity index (χ0v) is 20.7. The summed E-state index contributed by atoms with van der Waals surface area (Å²) in [5.41, 5.74) is 0.867. The summed E-state index contributed by atoms with van der Waals surface area (Å²) in [6.45, 7) is 3.45. The van der Waals surface area contributed by atoms with Gasteiger partial charge in [-0.05, 0) is 49.2 Å². The summed E-state index contributed by atoms with van der Waals surface area (Å²) in [5.74, 6) is -0.213. The van der Waals surface area contributed by atoms with Gasteiger partial charge in [0.25, 0.3) is 5.56 Å². The van der Waals surface area contributed by atoms with Crippen LogP contribution in [0.5, 0.6) is 11.5 Å². The van der Waals surface area contributed by atoms with Crippen molar-refractivity contribution in [2.45, 2.75) is 39.2 Å². The Morgan fingerprint density at radius 3 is 2.79 bits per heavy atom. The van der Waals surface area contributed by atoms with Crippen LogP contribution in [0, 0.1) is 0 Å². The number of halogens is 2. The van der Waals surface area contributed by atoms with Gasteiger partial charge in [0.2, 0.25) is 0 Å². The van der Waals surface area contributed by atoms with E-state index < -0.39 is 12.1 Å². The zero-order chi connectivity index (χ0) is 24.1.